The summed E-state index contributed by atoms with van der Waals surface area (Å²) in [6.45, 7) is 4.85. The molecule has 0 unspecified atom stereocenters. The van der Waals surface area contributed by atoms with E-state index in [0.717, 1.165) is 47.9 Å². The molecule has 120 valence electrons. The van der Waals surface area contributed by atoms with Crippen LogP contribution in [0.1, 0.15) is 47.9 Å². The molecule has 1 aromatic rings. The van der Waals surface area contributed by atoms with E-state index in [-0.39, 0.29) is 24.8 Å². The molecule has 0 atom stereocenters. The number of aryl methyl sites for hydroxylation is 2. The van der Waals surface area contributed by atoms with Crippen molar-refractivity contribution in [3.05, 3.63) is 34.4 Å². The molecule has 0 saturated heterocycles. The van der Waals surface area contributed by atoms with E-state index in [1.165, 1.54) is 0 Å². The lowest BCUT2D eigenvalue weighted by Crippen LogP contribution is -2.13. The highest BCUT2D eigenvalue weighted by Crippen LogP contribution is 2.18. The minimum Gasteiger partial charge on any atom is -0.465 e. The number of ether oxygens (including phenoxy) is 2. The van der Waals surface area contributed by atoms with Crippen molar-refractivity contribution < 1.29 is 19.1 Å². The third-order valence-electron chi connectivity index (χ3n) is 4.03. The van der Waals surface area contributed by atoms with E-state index in [2.05, 4.69) is 0 Å². The maximum atomic E-state index is 11.9. The van der Waals surface area contributed by atoms with E-state index in [1.54, 1.807) is 0 Å². The molecule has 2 aliphatic rings. The van der Waals surface area contributed by atoms with Crippen LogP contribution in [0.15, 0.2) is 12.1 Å². The fourth-order valence-corrected chi connectivity index (χ4v) is 2.66. The molecule has 0 N–H and O–H groups in total. The van der Waals surface area contributed by atoms with E-state index in [4.69, 9.17) is 9.47 Å². The van der Waals surface area contributed by atoms with E-state index in [0.29, 0.717) is 13.2 Å². The summed E-state index contributed by atoms with van der Waals surface area (Å²) in [6, 6.07) is 3.95. The van der Waals surface area contributed by atoms with Crippen LogP contribution in [0.4, 0.5) is 0 Å². The normalized spacial score (nSPS) is 17.9. The fourth-order valence-electron chi connectivity index (χ4n) is 2.66. The van der Waals surface area contributed by atoms with Gasteiger partial charge in [0.05, 0.1) is 26.1 Å². The Morgan fingerprint density at radius 2 is 1.14 bits per heavy atom. The summed E-state index contributed by atoms with van der Waals surface area (Å²) < 4.78 is 10.6. The SMILES string of the molecule is Cc1cc2c(C)cc1CC(=O)OCCCCCCOC(=O)C2. The second-order valence-corrected chi connectivity index (χ2v) is 5.91. The molecule has 22 heavy (non-hydrogen) atoms. The predicted molar refractivity (Wildman–Crippen MR) is 83.7 cm³/mol. The molecular formula is C18H24O4. The number of carbonyl (C=O) groups is 2. The maximum absolute atomic E-state index is 11.9. The minimum absolute atomic E-state index is 0.179. The summed E-state index contributed by atoms with van der Waals surface area (Å²) in [5, 5.41) is 0. The largest absolute Gasteiger partial charge is 0.465 e. The summed E-state index contributed by atoms with van der Waals surface area (Å²) >= 11 is 0. The second-order valence-electron chi connectivity index (χ2n) is 5.91. The highest BCUT2D eigenvalue weighted by Gasteiger charge is 2.13. The summed E-state index contributed by atoms with van der Waals surface area (Å²) in [5.74, 6) is -0.358. The van der Waals surface area contributed by atoms with Crippen LogP contribution in [0.3, 0.4) is 0 Å². The Kier molecular flexibility index (Phi) is 5.99. The van der Waals surface area contributed by atoms with Crippen LogP contribution in [0, 0.1) is 13.8 Å². The van der Waals surface area contributed by atoms with Gasteiger partial charge in [-0.3, -0.25) is 9.59 Å². The van der Waals surface area contributed by atoms with E-state index in [1.807, 2.05) is 26.0 Å². The van der Waals surface area contributed by atoms with E-state index < -0.39 is 0 Å². The zero-order chi connectivity index (χ0) is 15.9. The maximum Gasteiger partial charge on any atom is 0.310 e. The lowest BCUT2D eigenvalue weighted by Gasteiger charge is -2.13. The first-order chi connectivity index (χ1) is 10.6. The number of esters is 2. The predicted octanol–water partition coefficient (Wildman–Crippen LogP) is 3.05. The summed E-state index contributed by atoms with van der Waals surface area (Å²) in [4.78, 5) is 23.8. The number of fused-ring (bicyclic) bond motifs is 13. The number of hydrogen-bond acceptors (Lipinski definition) is 4. The first kappa shape index (κ1) is 16.5. The number of rotatable bonds is 0. The average Bonchev–Trinajstić information content (AvgIpc) is 2.46. The average molecular weight is 304 g/mol. The molecule has 2 heterocycles. The molecule has 0 aliphatic carbocycles. The third-order valence-corrected chi connectivity index (χ3v) is 4.03. The van der Waals surface area contributed by atoms with Crippen LogP contribution in [-0.2, 0) is 31.9 Å². The van der Waals surface area contributed by atoms with Crippen molar-refractivity contribution in [3.63, 3.8) is 0 Å². The Labute approximate surface area is 131 Å². The first-order valence-electron chi connectivity index (χ1n) is 7.96. The van der Waals surface area contributed by atoms with Gasteiger partial charge in [0.2, 0.25) is 0 Å². The summed E-state index contributed by atoms with van der Waals surface area (Å²) in [7, 11) is 0. The van der Waals surface area contributed by atoms with Crippen molar-refractivity contribution in [3.8, 4) is 0 Å². The molecule has 2 aliphatic heterocycles. The van der Waals surface area contributed by atoms with Gasteiger partial charge >= 0.3 is 11.9 Å². The number of carbonyl (C=O) groups excluding carboxylic acids is 2. The Balaban J connectivity index is 2.17. The monoisotopic (exact) mass is 304 g/mol. The molecule has 0 fully saturated rings. The summed E-state index contributed by atoms with van der Waals surface area (Å²) in [5.41, 5.74) is 3.95. The Morgan fingerprint density at radius 1 is 0.727 bits per heavy atom. The van der Waals surface area contributed by atoms with Gasteiger partial charge in [0, 0.05) is 0 Å². The van der Waals surface area contributed by atoms with Crippen LogP contribution in [0.5, 0.6) is 0 Å². The highest BCUT2D eigenvalue weighted by molar-refractivity contribution is 5.75. The summed E-state index contributed by atoms with van der Waals surface area (Å²) in [6.07, 6.45) is 4.26. The van der Waals surface area contributed by atoms with Gasteiger partial charge in [-0.05, 0) is 61.8 Å². The highest BCUT2D eigenvalue weighted by atomic mass is 16.5. The molecule has 4 nitrogen and oxygen atoms in total. The van der Waals surface area contributed by atoms with Crippen molar-refractivity contribution in [2.45, 2.75) is 52.4 Å². The number of benzene rings is 1. The molecule has 0 aromatic heterocycles. The van der Waals surface area contributed by atoms with Crippen LogP contribution in [0.2, 0.25) is 0 Å². The van der Waals surface area contributed by atoms with Gasteiger partial charge in [0.25, 0.3) is 0 Å². The molecule has 0 saturated carbocycles. The van der Waals surface area contributed by atoms with Crippen LogP contribution >= 0.6 is 0 Å². The standard InChI is InChI=1S/C18H24O4/c1-13-9-16-12-18(20)22-8-6-4-3-5-7-21-17(19)11-15(13)10-14(16)2/h9-10H,3-8,11-12H2,1-2H3. The minimum atomic E-state index is -0.179. The van der Waals surface area contributed by atoms with Gasteiger partial charge in [-0.15, -0.1) is 0 Å². The van der Waals surface area contributed by atoms with Gasteiger partial charge in [-0.2, -0.15) is 0 Å². The van der Waals surface area contributed by atoms with Gasteiger partial charge in [0.15, 0.2) is 0 Å². The Bertz CT molecular complexity index is 499. The Hall–Kier alpha value is -1.84. The van der Waals surface area contributed by atoms with Crippen LogP contribution in [0.25, 0.3) is 0 Å². The van der Waals surface area contributed by atoms with Crippen molar-refractivity contribution in [1.29, 1.82) is 0 Å². The van der Waals surface area contributed by atoms with Crippen LogP contribution < -0.4 is 0 Å². The Morgan fingerprint density at radius 3 is 1.55 bits per heavy atom. The molecule has 2 bridgehead atoms. The quantitative estimate of drug-likeness (QED) is 0.691. The van der Waals surface area contributed by atoms with Crippen LogP contribution in [-0.4, -0.2) is 25.2 Å². The van der Waals surface area contributed by atoms with Gasteiger partial charge in [-0.1, -0.05) is 12.1 Å². The lowest BCUT2D eigenvalue weighted by molar-refractivity contribution is -0.144. The first-order valence-corrected chi connectivity index (χ1v) is 7.96. The molecule has 0 radical (unpaired) electrons. The van der Waals surface area contributed by atoms with Gasteiger partial charge < -0.3 is 9.47 Å². The molecular weight excluding hydrogens is 280 g/mol. The molecule has 3 rings (SSSR count). The molecule has 0 amide bonds. The molecule has 4 heteroatoms. The smallest absolute Gasteiger partial charge is 0.310 e. The molecule has 1 aromatic carbocycles. The topological polar surface area (TPSA) is 52.6 Å². The van der Waals surface area contributed by atoms with Gasteiger partial charge in [0.1, 0.15) is 0 Å². The zero-order valence-electron chi connectivity index (χ0n) is 13.4. The fraction of sp³-hybridized carbons (Fsp3) is 0.556. The lowest BCUT2D eigenvalue weighted by atomic mass is 9.96. The zero-order valence-corrected chi connectivity index (χ0v) is 13.4. The second kappa shape index (κ2) is 7.97. The van der Waals surface area contributed by atoms with E-state index >= 15 is 0 Å². The van der Waals surface area contributed by atoms with E-state index in [9.17, 15) is 9.59 Å². The van der Waals surface area contributed by atoms with Crippen molar-refractivity contribution >= 4 is 11.9 Å². The van der Waals surface area contributed by atoms with Gasteiger partial charge in [-0.25, -0.2) is 0 Å². The van der Waals surface area contributed by atoms with Crippen molar-refractivity contribution in [1.82, 2.24) is 0 Å². The van der Waals surface area contributed by atoms with Crippen molar-refractivity contribution in [2.75, 3.05) is 13.2 Å². The molecule has 0 spiro atoms. The van der Waals surface area contributed by atoms with Crippen molar-refractivity contribution in [2.24, 2.45) is 0 Å². The number of hydrogen-bond donors (Lipinski definition) is 0. The third kappa shape index (κ3) is 4.86.